The third-order valence-corrected chi connectivity index (χ3v) is 3.67. The molecule has 2 nitrogen and oxygen atoms in total. The third-order valence-electron chi connectivity index (χ3n) is 3.67. The number of hydrogen-bond donors (Lipinski definition) is 1. The SMILES string of the molecule is CNc1ccc(CCc2ccc(C=O)cc2C(C)(F)F)cc1. The molecular weight excluding hydrogens is 284 g/mol. The minimum absolute atomic E-state index is 0.0658. The largest absolute Gasteiger partial charge is 0.388 e. The molecule has 0 saturated carbocycles. The zero-order valence-corrected chi connectivity index (χ0v) is 12.7. The van der Waals surface area contributed by atoms with Crippen molar-refractivity contribution >= 4 is 12.0 Å². The second-order valence-corrected chi connectivity index (χ2v) is 5.37. The van der Waals surface area contributed by atoms with Crippen LogP contribution in [-0.2, 0) is 18.8 Å². The minimum Gasteiger partial charge on any atom is -0.388 e. The van der Waals surface area contributed by atoms with Gasteiger partial charge in [-0.3, -0.25) is 4.79 Å². The third kappa shape index (κ3) is 3.91. The molecule has 0 aliphatic rings. The Kier molecular flexibility index (Phi) is 4.91. The smallest absolute Gasteiger partial charge is 0.270 e. The van der Waals surface area contributed by atoms with E-state index in [4.69, 9.17) is 0 Å². The molecule has 0 radical (unpaired) electrons. The Morgan fingerprint density at radius 3 is 2.32 bits per heavy atom. The Balaban J connectivity index is 2.19. The number of aldehydes is 1. The van der Waals surface area contributed by atoms with Gasteiger partial charge < -0.3 is 5.32 Å². The van der Waals surface area contributed by atoms with Crippen molar-refractivity contribution < 1.29 is 13.6 Å². The van der Waals surface area contributed by atoms with Crippen LogP contribution in [0.2, 0.25) is 0 Å². The summed E-state index contributed by atoms with van der Waals surface area (Å²) in [5, 5.41) is 3.04. The fourth-order valence-electron chi connectivity index (χ4n) is 2.41. The summed E-state index contributed by atoms with van der Waals surface area (Å²) in [6, 6.07) is 12.4. The van der Waals surface area contributed by atoms with Gasteiger partial charge in [0.05, 0.1) is 0 Å². The predicted octanol–water partition coefficient (Wildman–Crippen LogP) is 4.44. The Labute approximate surface area is 129 Å². The monoisotopic (exact) mass is 303 g/mol. The molecule has 22 heavy (non-hydrogen) atoms. The first-order valence-corrected chi connectivity index (χ1v) is 7.17. The van der Waals surface area contributed by atoms with Crippen molar-refractivity contribution in [1.29, 1.82) is 0 Å². The molecule has 0 bridgehead atoms. The number of anilines is 1. The van der Waals surface area contributed by atoms with Gasteiger partial charge in [-0.1, -0.05) is 24.3 Å². The van der Waals surface area contributed by atoms with Gasteiger partial charge in [-0.15, -0.1) is 0 Å². The van der Waals surface area contributed by atoms with Crippen molar-refractivity contribution in [3.05, 3.63) is 64.7 Å². The van der Waals surface area contributed by atoms with E-state index < -0.39 is 5.92 Å². The van der Waals surface area contributed by atoms with Crippen LogP contribution >= 0.6 is 0 Å². The van der Waals surface area contributed by atoms with Crippen LogP contribution in [0.4, 0.5) is 14.5 Å². The average molecular weight is 303 g/mol. The maximum atomic E-state index is 13.7. The fourth-order valence-corrected chi connectivity index (χ4v) is 2.41. The molecule has 2 rings (SSSR count). The predicted molar refractivity (Wildman–Crippen MR) is 84.8 cm³/mol. The van der Waals surface area contributed by atoms with Crippen LogP contribution in [0, 0.1) is 0 Å². The molecule has 0 aliphatic carbocycles. The first-order valence-electron chi connectivity index (χ1n) is 7.17. The van der Waals surface area contributed by atoms with E-state index in [9.17, 15) is 13.6 Å². The van der Waals surface area contributed by atoms with Gasteiger partial charge in [-0.2, -0.15) is 0 Å². The van der Waals surface area contributed by atoms with Crippen LogP contribution in [-0.4, -0.2) is 13.3 Å². The molecular formula is C18H19F2NO. The van der Waals surface area contributed by atoms with Gasteiger partial charge in [-0.25, -0.2) is 8.78 Å². The highest BCUT2D eigenvalue weighted by Crippen LogP contribution is 2.31. The summed E-state index contributed by atoms with van der Waals surface area (Å²) in [6.07, 6.45) is 1.78. The van der Waals surface area contributed by atoms with Gasteiger partial charge in [-0.05, 0) is 42.2 Å². The maximum Gasteiger partial charge on any atom is 0.270 e. The number of alkyl halides is 2. The second-order valence-electron chi connectivity index (χ2n) is 5.37. The van der Waals surface area contributed by atoms with Gasteiger partial charge in [0.1, 0.15) is 6.29 Å². The van der Waals surface area contributed by atoms with Crippen molar-refractivity contribution in [2.45, 2.75) is 25.7 Å². The first kappa shape index (κ1) is 16.1. The van der Waals surface area contributed by atoms with E-state index in [-0.39, 0.29) is 11.1 Å². The number of benzene rings is 2. The topological polar surface area (TPSA) is 29.1 Å². The molecule has 116 valence electrons. The molecule has 0 atom stereocenters. The highest BCUT2D eigenvalue weighted by atomic mass is 19.3. The molecule has 0 aromatic heterocycles. The van der Waals surface area contributed by atoms with Gasteiger partial charge in [0, 0.05) is 30.8 Å². The lowest BCUT2D eigenvalue weighted by atomic mass is 9.95. The van der Waals surface area contributed by atoms with Crippen LogP contribution in [0.3, 0.4) is 0 Å². The van der Waals surface area contributed by atoms with E-state index >= 15 is 0 Å². The summed E-state index contributed by atoms with van der Waals surface area (Å²) >= 11 is 0. The standard InChI is InChI=1S/C18H19F2NO/c1-18(19,20)17-11-14(12-22)4-8-15(17)7-3-13-5-9-16(21-2)10-6-13/h4-6,8-12,21H,3,7H2,1-2H3. The van der Waals surface area contributed by atoms with Crippen LogP contribution in [0.25, 0.3) is 0 Å². The van der Waals surface area contributed by atoms with E-state index in [0.29, 0.717) is 24.7 Å². The van der Waals surface area contributed by atoms with Crippen molar-refractivity contribution in [2.24, 2.45) is 0 Å². The van der Waals surface area contributed by atoms with Crippen LogP contribution in [0.15, 0.2) is 42.5 Å². The lowest BCUT2D eigenvalue weighted by Gasteiger charge is -2.16. The summed E-state index contributed by atoms with van der Waals surface area (Å²) in [6.45, 7) is 0.863. The van der Waals surface area contributed by atoms with E-state index in [0.717, 1.165) is 18.2 Å². The number of carbonyl (C=O) groups is 1. The number of halogens is 2. The highest BCUT2D eigenvalue weighted by Gasteiger charge is 2.27. The summed E-state index contributed by atoms with van der Waals surface area (Å²) in [7, 11) is 1.85. The number of carbonyl (C=O) groups excluding carboxylic acids is 1. The summed E-state index contributed by atoms with van der Waals surface area (Å²) in [5.74, 6) is -2.95. The lowest BCUT2D eigenvalue weighted by molar-refractivity contribution is 0.0165. The summed E-state index contributed by atoms with van der Waals surface area (Å²) in [5.41, 5.74) is 2.89. The Morgan fingerprint density at radius 2 is 1.77 bits per heavy atom. The summed E-state index contributed by atoms with van der Waals surface area (Å²) < 4.78 is 27.5. The number of rotatable bonds is 6. The number of hydrogen-bond acceptors (Lipinski definition) is 2. The first-order chi connectivity index (χ1) is 10.4. The lowest BCUT2D eigenvalue weighted by Crippen LogP contribution is -2.12. The van der Waals surface area contributed by atoms with Crippen molar-refractivity contribution in [1.82, 2.24) is 0 Å². The molecule has 1 N–H and O–H groups in total. The van der Waals surface area contributed by atoms with E-state index in [2.05, 4.69) is 5.32 Å². The molecule has 0 heterocycles. The molecule has 0 fully saturated rings. The van der Waals surface area contributed by atoms with E-state index in [1.807, 2.05) is 31.3 Å². The molecule has 0 unspecified atom stereocenters. The summed E-state index contributed by atoms with van der Waals surface area (Å²) in [4.78, 5) is 10.8. The molecule has 4 heteroatoms. The van der Waals surface area contributed by atoms with Crippen LogP contribution in [0.5, 0.6) is 0 Å². The number of aryl methyl sites for hydroxylation is 2. The van der Waals surface area contributed by atoms with Crippen molar-refractivity contribution in [3.63, 3.8) is 0 Å². The van der Waals surface area contributed by atoms with Crippen LogP contribution < -0.4 is 5.32 Å². The second kappa shape index (κ2) is 6.69. The van der Waals surface area contributed by atoms with Gasteiger partial charge in [0.2, 0.25) is 0 Å². The van der Waals surface area contributed by atoms with Gasteiger partial charge in [0.15, 0.2) is 0 Å². The van der Waals surface area contributed by atoms with Crippen molar-refractivity contribution in [3.8, 4) is 0 Å². The fraction of sp³-hybridized carbons (Fsp3) is 0.278. The highest BCUT2D eigenvalue weighted by molar-refractivity contribution is 5.75. The zero-order chi connectivity index (χ0) is 16.2. The molecule has 0 spiro atoms. The van der Waals surface area contributed by atoms with Crippen LogP contribution in [0.1, 0.15) is 34.0 Å². The molecule has 0 aliphatic heterocycles. The Bertz CT molecular complexity index is 645. The Hall–Kier alpha value is -2.23. The maximum absolute atomic E-state index is 13.7. The molecule has 0 saturated heterocycles. The average Bonchev–Trinajstić information content (AvgIpc) is 2.52. The van der Waals surface area contributed by atoms with Gasteiger partial charge >= 0.3 is 0 Å². The van der Waals surface area contributed by atoms with E-state index in [1.165, 1.54) is 6.07 Å². The van der Waals surface area contributed by atoms with Crippen molar-refractivity contribution in [2.75, 3.05) is 12.4 Å². The number of nitrogens with one attached hydrogen (secondary N) is 1. The molecule has 2 aromatic rings. The van der Waals surface area contributed by atoms with Gasteiger partial charge in [0.25, 0.3) is 5.92 Å². The normalized spacial score (nSPS) is 11.3. The minimum atomic E-state index is -2.95. The molecule has 2 aromatic carbocycles. The zero-order valence-electron chi connectivity index (χ0n) is 12.7. The Morgan fingerprint density at radius 1 is 1.09 bits per heavy atom. The molecule has 0 amide bonds. The van der Waals surface area contributed by atoms with E-state index in [1.54, 1.807) is 12.1 Å². The quantitative estimate of drug-likeness (QED) is 0.799.